The SMILES string of the molecule is CCCc1cc(C=CC(=O)c2ccc(O)cc2)c(OC(C)C)cc1O. The van der Waals surface area contributed by atoms with E-state index >= 15 is 0 Å². The molecule has 0 spiro atoms. The van der Waals surface area contributed by atoms with Crippen molar-refractivity contribution in [3.63, 3.8) is 0 Å². The van der Waals surface area contributed by atoms with Crippen molar-refractivity contribution in [3.8, 4) is 17.2 Å². The predicted octanol–water partition coefficient (Wildman–Crippen LogP) is 4.73. The first-order valence-electron chi connectivity index (χ1n) is 8.44. The summed E-state index contributed by atoms with van der Waals surface area (Å²) in [6.07, 6.45) is 4.79. The molecule has 0 saturated heterocycles. The molecule has 25 heavy (non-hydrogen) atoms. The van der Waals surface area contributed by atoms with Crippen LogP contribution in [0.2, 0.25) is 0 Å². The van der Waals surface area contributed by atoms with E-state index < -0.39 is 0 Å². The van der Waals surface area contributed by atoms with Gasteiger partial charge in [0.1, 0.15) is 17.2 Å². The van der Waals surface area contributed by atoms with Gasteiger partial charge in [-0.2, -0.15) is 0 Å². The van der Waals surface area contributed by atoms with Crippen LogP contribution >= 0.6 is 0 Å². The fraction of sp³-hybridized carbons (Fsp3) is 0.286. The maximum Gasteiger partial charge on any atom is 0.185 e. The average molecular weight is 340 g/mol. The highest BCUT2D eigenvalue weighted by molar-refractivity contribution is 6.07. The molecule has 0 fully saturated rings. The molecular weight excluding hydrogens is 316 g/mol. The number of aromatic hydroxyl groups is 2. The fourth-order valence-corrected chi connectivity index (χ4v) is 2.48. The second kappa shape index (κ2) is 8.38. The van der Waals surface area contributed by atoms with Crippen LogP contribution in [0.25, 0.3) is 6.08 Å². The molecule has 0 radical (unpaired) electrons. The molecule has 0 amide bonds. The Bertz CT molecular complexity index is 758. The standard InChI is InChI=1S/C21H24O4/c1-4-5-16-12-17(21(13-20(16)24)25-14(2)3)8-11-19(23)15-6-9-18(22)10-7-15/h6-14,22,24H,4-5H2,1-3H3. The lowest BCUT2D eigenvalue weighted by Crippen LogP contribution is -2.07. The minimum absolute atomic E-state index is 0.0450. The van der Waals surface area contributed by atoms with Crippen LogP contribution in [0.1, 0.15) is 48.7 Å². The third kappa shape index (κ3) is 5.11. The third-order valence-electron chi connectivity index (χ3n) is 3.66. The molecular formula is C21H24O4. The second-order valence-electron chi connectivity index (χ2n) is 6.18. The molecule has 2 N–H and O–H groups in total. The van der Waals surface area contributed by atoms with Gasteiger partial charge in [-0.25, -0.2) is 0 Å². The fourth-order valence-electron chi connectivity index (χ4n) is 2.48. The van der Waals surface area contributed by atoms with Gasteiger partial charge in [-0.1, -0.05) is 13.3 Å². The van der Waals surface area contributed by atoms with Crippen molar-refractivity contribution in [3.05, 3.63) is 59.2 Å². The van der Waals surface area contributed by atoms with Gasteiger partial charge in [0.2, 0.25) is 0 Å². The number of allylic oxidation sites excluding steroid dienone is 1. The minimum atomic E-state index is -0.166. The number of phenolic OH excluding ortho intramolecular Hbond substituents is 2. The van der Waals surface area contributed by atoms with E-state index in [0.717, 1.165) is 24.0 Å². The van der Waals surface area contributed by atoms with Crippen molar-refractivity contribution >= 4 is 11.9 Å². The highest BCUT2D eigenvalue weighted by atomic mass is 16.5. The Balaban J connectivity index is 2.32. The quantitative estimate of drug-likeness (QED) is 0.565. The second-order valence-corrected chi connectivity index (χ2v) is 6.18. The van der Waals surface area contributed by atoms with E-state index in [1.807, 2.05) is 26.8 Å². The number of hydrogen-bond acceptors (Lipinski definition) is 4. The highest BCUT2D eigenvalue weighted by Crippen LogP contribution is 2.31. The van der Waals surface area contributed by atoms with Crippen LogP contribution < -0.4 is 4.74 Å². The van der Waals surface area contributed by atoms with Crippen LogP contribution in [0.15, 0.2) is 42.5 Å². The number of aryl methyl sites for hydroxylation is 1. The zero-order valence-corrected chi connectivity index (χ0v) is 14.8. The van der Waals surface area contributed by atoms with Crippen molar-refractivity contribution in [1.82, 2.24) is 0 Å². The molecule has 0 unspecified atom stereocenters. The molecule has 0 atom stereocenters. The zero-order chi connectivity index (χ0) is 18.4. The molecule has 4 nitrogen and oxygen atoms in total. The van der Waals surface area contributed by atoms with E-state index in [4.69, 9.17) is 4.74 Å². The van der Waals surface area contributed by atoms with Crippen LogP contribution in [-0.2, 0) is 6.42 Å². The lowest BCUT2D eigenvalue weighted by atomic mass is 10.0. The summed E-state index contributed by atoms with van der Waals surface area (Å²) in [7, 11) is 0. The van der Waals surface area contributed by atoms with Gasteiger partial charge in [0.25, 0.3) is 0 Å². The van der Waals surface area contributed by atoms with Gasteiger partial charge in [-0.3, -0.25) is 4.79 Å². The van der Waals surface area contributed by atoms with Crippen molar-refractivity contribution < 1.29 is 19.7 Å². The number of carbonyl (C=O) groups excluding carboxylic acids is 1. The van der Waals surface area contributed by atoms with Gasteiger partial charge in [-0.05, 0) is 68.3 Å². The molecule has 132 valence electrons. The summed E-state index contributed by atoms with van der Waals surface area (Å²) >= 11 is 0. The predicted molar refractivity (Wildman–Crippen MR) is 99.3 cm³/mol. The van der Waals surface area contributed by atoms with Gasteiger partial charge < -0.3 is 14.9 Å². The lowest BCUT2D eigenvalue weighted by molar-refractivity contribution is 0.104. The Labute approximate surface area is 148 Å². The van der Waals surface area contributed by atoms with Crippen LogP contribution in [-0.4, -0.2) is 22.1 Å². The van der Waals surface area contributed by atoms with E-state index in [2.05, 4.69) is 0 Å². The molecule has 0 bridgehead atoms. The number of rotatable bonds is 7. The number of hydrogen-bond donors (Lipinski definition) is 2. The van der Waals surface area contributed by atoms with E-state index in [1.165, 1.54) is 18.2 Å². The van der Waals surface area contributed by atoms with Gasteiger partial charge in [-0.15, -0.1) is 0 Å². The molecule has 2 rings (SSSR count). The van der Waals surface area contributed by atoms with Gasteiger partial charge in [0, 0.05) is 17.2 Å². The van der Waals surface area contributed by atoms with Gasteiger partial charge >= 0.3 is 0 Å². The van der Waals surface area contributed by atoms with Crippen LogP contribution in [0, 0.1) is 0 Å². The maximum absolute atomic E-state index is 12.3. The number of benzene rings is 2. The largest absolute Gasteiger partial charge is 0.508 e. The first-order valence-corrected chi connectivity index (χ1v) is 8.44. The van der Waals surface area contributed by atoms with Crippen molar-refractivity contribution in [2.24, 2.45) is 0 Å². The summed E-state index contributed by atoms with van der Waals surface area (Å²) in [6, 6.07) is 9.58. The third-order valence-corrected chi connectivity index (χ3v) is 3.66. The zero-order valence-electron chi connectivity index (χ0n) is 14.8. The summed E-state index contributed by atoms with van der Waals surface area (Å²) < 4.78 is 5.76. The summed E-state index contributed by atoms with van der Waals surface area (Å²) in [5.74, 6) is 0.707. The first kappa shape index (κ1) is 18.6. The molecule has 2 aromatic carbocycles. The summed E-state index contributed by atoms with van der Waals surface area (Å²) in [5.41, 5.74) is 2.07. The molecule has 0 aliphatic heterocycles. The summed E-state index contributed by atoms with van der Waals surface area (Å²) in [4.78, 5) is 12.3. The Morgan fingerprint density at radius 1 is 1.16 bits per heavy atom. The Morgan fingerprint density at radius 3 is 2.44 bits per heavy atom. The first-order chi connectivity index (χ1) is 11.9. The van der Waals surface area contributed by atoms with E-state index in [9.17, 15) is 15.0 Å². The van der Waals surface area contributed by atoms with Gasteiger partial charge in [0.15, 0.2) is 5.78 Å². The monoisotopic (exact) mass is 340 g/mol. The van der Waals surface area contributed by atoms with E-state index in [1.54, 1.807) is 24.3 Å². The van der Waals surface area contributed by atoms with E-state index in [0.29, 0.717) is 11.3 Å². The number of ether oxygens (including phenoxy) is 1. The molecule has 2 aromatic rings. The van der Waals surface area contributed by atoms with Crippen molar-refractivity contribution in [2.45, 2.75) is 39.7 Å². The highest BCUT2D eigenvalue weighted by Gasteiger charge is 2.11. The summed E-state index contributed by atoms with van der Waals surface area (Å²) in [6.45, 7) is 5.86. The Morgan fingerprint density at radius 2 is 1.84 bits per heavy atom. The molecule has 4 heteroatoms. The maximum atomic E-state index is 12.3. The lowest BCUT2D eigenvalue weighted by Gasteiger charge is -2.15. The Kier molecular flexibility index (Phi) is 6.23. The van der Waals surface area contributed by atoms with Crippen molar-refractivity contribution in [1.29, 1.82) is 0 Å². The average Bonchev–Trinajstić information content (AvgIpc) is 2.56. The normalized spacial score (nSPS) is 11.2. The van der Waals surface area contributed by atoms with Crippen LogP contribution in [0.4, 0.5) is 0 Å². The topological polar surface area (TPSA) is 66.8 Å². The number of ketones is 1. The van der Waals surface area contributed by atoms with Crippen molar-refractivity contribution in [2.75, 3.05) is 0 Å². The molecule has 0 heterocycles. The van der Waals surface area contributed by atoms with E-state index in [-0.39, 0.29) is 23.4 Å². The number of phenols is 2. The number of carbonyl (C=O) groups is 1. The van der Waals surface area contributed by atoms with Gasteiger partial charge in [0.05, 0.1) is 6.10 Å². The summed E-state index contributed by atoms with van der Waals surface area (Å²) in [5, 5.41) is 19.5. The van der Waals surface area contributed by atoms with Crippen LogP contribution in [0.3, 0.4) is 0 Å². The molecule has 0 aliphatic carbocycles. The Hall–Kier alpha value is -2.75. The molecule has 0 saturated carbocycles. The van der Waals surface area contributed by atoms with Crippen LogP contribution in [0.5, 0.6) is 17.2 Å². The molecule has 0 aromatic heterocycles. The molecule has 0 aliphatic rings. The minimum Gasteiger partial charge on any atom is -0.508 e. The smallest absolute Gasteiger partial charge is 0.185 e.